The Morgan fingerprint density at radius 1 is 0.909 bits per heavy atom. The van der Waals surface area contributed by atoms with E-state index >= 15 is 0 Å². The van der Waals surface area contributed by atoms with Crippen molar-refractivity contribution in [2.24, 2.45) is 11.3 Å². The summed E-state index contributed by atoms with van der Waals surface area (Å²) in [6.45, 7) is 3.63. The van der Waals surface area contributed by atoms with Crippen molar-refractivity contribution >= 4 is 64.6 Å². The Kier molecular flexibility index (Phi) is 19.9. The van der Waals surface area contributed by atoms with Crippen LogP contribution >= 0.6 is 23.2 Å². The number of methoxy groups -OCH3 is 2. The lowest BCUT2D eigenvalue weighted by Gasteiger charge is -2.37. The third kappa shape index (κ3) is 13.3. The van der Waals surface area contributed by atoms with Gasteiger partial charge in [-0.2, -0.15) is 13.2 Å². The highest BCUT2D eigenvalue weighted by atomic mass is 35.5. The molecular weight excluding hydrogens is 910 g/mol. The highest BCUT2D eigenvalue weighted by molar-refractivity contribution is 6.33. The van der Waals surface area contributed by atoms with Gasteiger partial charge in [0.25, 0.3) is 0 Å². The summed E-state index contributed by atoms with van der Waals surface area (Å²) in [5.74, 6) is -5.32. The van der Waals surface area contributed by atoms with Gasteiger partial charge in [0.15, 0.2) is 0 Å². The summed E-state index contributed by atoms with van der Waals surface area (Å²) >= 11 is 12.8. The van der Waals surface area contributed by atoms with E-state index in [0.717, 1.165) is 9.80 Å². The predicted molar refractivity (Wildman–Crippen MR) is 240 cm³/mol. The number of ether oxygens (including phenoxy) is 2. The SMILES string of the molecule is COCC[C@H](NC(=O)[C@@H]1CCCN1C(=O)C1(C(F)(F)F)CCCC1)C(=O)N(C)[C@H]1CCCCN(C)C(=O)[C@@H](COC)NC(=O)[C@H](Cc2cc(Cl)ccc2Cl)N(C)C(=O)[C@H](CC(C)C)NC1=O. The zero-order valence-corrected chi connectivity index (χ0v) is 40.5. The van der Waals surface area contributed by atoms with Crippen LogP contribution in [0.4, 0.5) is 13.2 Å². The Labute approximate surface area is 395 Å². The Morgan fingerprint density at radius 2 is 1.58 bits per heavy atom. The third-order valence-electron chi connectivity index (χ3n) is 13.0. The molecule has 0 aromatic heterocycles. The number of nitrogens with zero attached hydrogens (tertiary/aromatic N) is 4. The van der Waals surface area contributed by atoms with Crippen molar-refractivity contribution in [2.45, 2.75) is 133 Å². The zero-order chi connectivity index (χ0) is 49.1. The minimum absolute atomic E-state index is 0.0250. The number of rotatable bonds is 14. The number of alkyl halides is 3. The largest absolute Gasteiger partial charge is 0.403 e. The van der Waals surface area contributed by atoms with Crippen LogP contribution < -0.4 is 16.0 Å². The number of likely N-dealkylation sites (N-methyl/N-ethyl adjacent to an activating group) is 3. The van der Waals surface area contributed by atoms with Gasteiger partial charge in [0.2, 0.25) is 41.4 Å². The van der Waals surface area contributed by atoms with E-state index in [1.165, 1.54) is 38.1 Å². The number of amides is 7. The molecule has 66 heavy (non-hydrogen) atoms. The van der Waals surface area contributed by atoms with Crippen LogP contribution in [0.2, 0.25) is 10.0 Å². The van der Waals surface area contributed by atoms with Crippen molar-refractivity contribution in [3.05, 3.63) is 33.8 Å². The molecule has 1 aromatic carbocycles. The summed E-state index contributed by atoms with van der Waals surface area (Å²) in [6, 6.07) is -2.72. The van der Waals surface area contributed by atoms with Gasteiger partial charge < -0.3 is 45.0 Å². The van der Waals surface area contributed by atoms with Crippen LogP contribution in [0, 0.1) is 11.3 Å². The summed E-state index contributed by atoms with van der Waals surface area (Å²) in [5.41, 5.74) is -2.14. The third-order valence-corrected chi connectivity index (χ3v) is 13.6. The molecule has 370 valence electrons. The molecule has 1 aliphatic carbocycles. The van der Waals surface area contributed by atoms with Crippen LogP contribution in [0.15, 0.2) is 18.2 Å². The molecule has 3 N–H and O–H groups in total. The quantitative estimate of drug-likeness (QED) is 0.247. The molecule has 21 heteroatoms. The van der Waals surface area contributed by atoms with Gasteiger partial charge in [0.1, 0.15) is 41.7 Å². The van der Waals surface area contributed by atoms with Crippen molar-refractivity contribution in [1.82, 2.24) is 35.6 Å². The first-order valence-electron chi connectivity index (χ1n) is 22.6. The molecule has 1 saturated carbocycles. The summed E-state index contributed by atoms with van der Waals surface area (Å²) in [5, 5.41) is 8.90. The number of hydrogen-bond donors (Lipinski definition) is 3. The molecule has 6 atom stereocenters. The van der Waals surface area contributed by atoms with E-state index in [2.05, 4.69) is 16.0 Å². The van der Waals surface area contributed by atoms with E-state index in [-0.39, 0.29) is 101 Å². The van der Waals surface area contributed by atoms with Crippen molar-refractivity contribution in [2.75, 3.05) is 61.7 Å². The second-order valence-corrected chi connectivity index (χ2v) is 19.0. The van der Waals surface area contributed by atoms with Crippen LogP contribution in [0.3, 0.4) is 0 Å². The molecule has 3 fully saturated rings. The van der Waals surface area contributed by atoms with E-state index in [1.807, 2.05) is 13.8 Å². The van der Waals surface area contributed by atoms with Crippen LogP contribution in [-0.4, -0.2) is 165 Å². The normalized spacial score (nSPS) is 24.3. The highest BCUT2D eigenvalue weighted by Crippen LogP contribution is 2.52. The van der Waals surface area contributed by atoms with Gasteiger partial charge in [-0.1, -0.05) is 49.9 Å². The molecule has 0 bridgehead atoms. The number of halogens is 5. The maximum Gasteiger partial charge on any atom is 0.403 e. The van der Waals surface area contributed by atoms with Gasteiger partial charge in [-0.05, 0) is 87.5 Å². The number of carbonyl (C=O) groups is 7. The van der Waals surface area contributed by atoms with Gasteiger partial charge in [-0.3, -0.25) is 33.6 Å². The molecular formula is C45H66Cl2F3N7O9. The second kappa shape index (κ2) is 24.2. The Morgan fingerprint density at radius 3 is 2.20 bits per heavy atom. The average molecular weight is 977 g/mol. The van der Waals surface area contributed by atoms with Gasteiger partial charge in [-0.25, -0.2) is 0 Å². The fourth-order valence-electron chi connectivity index (χ4n) is 9.16. The number of hydrogen-bond acceptors (Lipinski definition) is 9. The Balaban J connectivity index is 1.68. The molecule has 0 radical (unpaired) electrons. The standard InChI is InChI=1S/C45H66Cl2F3N7O9/c1-27(2)23-32-42(63)56(5)36(25-28-24-29(46)15-16-30(28)47)39(60)53-33(26-66-7)40(61)54(3)20-11-8-13-34(37(58)52-32)55(4)41(62)31(17-22-65-6)51-38(59)35-14-12-21-57(35)43(64)44(45(48,49)50)18-9-10-19-44/h15-16,24,27,31-36H,8-14,17-23,25-26H2,1-7H3,(H,51,59)(H,52,58)(H,53,60)/t31-,32-,33+,34-,35-,36-/m0/s1. The topological polar surface area (TPSA) is 187 Å². The molecule has 7 amide bonds. The maximum absolute atomic E-state index is 14.6. The fraction of sp³-hybridized carbons (Fsp3) is 0.711. The Hall–Kier alpha value is -4.20. The van der Waals surface area contributed by atoms with Crippen molar-refractivity contribution in [3.63, 3.8) is 0 Å². The lowest BCUT2D eigenvalue weighted by molar-refractivity contribution is -0.226. The average Bonchev–Trinajstić information content (AvgIpc) is 3.98. The van der Waals surface area contributed by atoms with Crippen molar-refractivity contribution < 1.29 is 56.2 Å². The highest BCUT2D eigenvalue weighted by Gasteiger charge is 2.63. The van der Waals surface area contributed by atoms with E-state index in [0.29, 0.717) is 23.4 Å². The molecule has 2 heterocycles. The van der Waals surface area contributed by atoms with Crippen LogP contribution in [0.1, 0.15) is 90.0 Å². The first-order valence-corrected chi connectivity index (χ1v) is 23.3. The summed E-state index contributed by atoms with van der Waals surface area (Å²) in [6.07, 6.45) is -4.06. The maximum atomic E-state index is 14.6. The summed E-state index contributed by atoms with van der Waals surface area (Å²) < 4.78 is 53.9. The monoisotopic (exact) mass is 975 g/mol. The number of likely N-dealkylation sites (tertiary alicyclic amines) is 1. The summed E-state index contributed by atoms with van der Waals surface area (Å²) in [7, 11) is 7.10. The van der Waals surface area contributed by atoms with E-state index in [9.17, 15) is 46.7 Å². The van der Waals surface area contributed by atoms with Crippen LogP contribution in [0.5, 0.6) is 0 Å². The molecule has 16 nitrogen and oxygen atoms in total. The number of nitrogens with one attached hydrogen (secondary N) is 3. The zero-order valence-electron chi connectivity index (χ0n) is 38.9. The molecule has 3 aliphatic rings. The molecule has 0 unspecified atom stereocenters. The molecule has 0 spiro atoms. The minimum atomic E-state index is -4.80. The van der Waals surface area contributed by atoms with Crippen molar-refractivity contribution in [3.8, 4) is 0 Å². The van der Waals surface area contributed by atoms with E-state index < -0.39 is 89.2 Å². The Bertz CT molecular complexity index is 1900. The van der Waals surface area contributed by atoms with Gasteiger partial charge >= 0.3 is 6.18 Å². The van der Waals surface area contributed by atoms with Gasteiger partial charge in [0, 0.05) is 71.5 Å². The molecule has 4 rings (SSSR count). The molecule has 1 aromatic rings. The smallest absolute Gasteiger partial charge is 0.385 e. The lowest BCUT2D eigenvalue weighted by Crippen LogP contribution is -2.61. The molecule has 2 aliphatic heterocycles. The molecule has 2 saturated heterocycles. The van der Waals surface area contributed by atoms with Gasteiger partial charge in [0.05, 0.1) is 6.61 Å². The second-order valence-electron chi connectivity index (χ2n) is 18.1. The number of carbonyl (C=O) groups excluding carboxylic acids is 7. The number of benzene rings is 1. The van der Waals surface area contributed by atoms with Crippen LogP contribution in [-0.2, 0) is 49.5 Å². The fourth-order valence-corrected chi connectivity index (χ4v) is 9.55. The first-order chi connectivity index (χ1) is 31.1. The van der Waals surface area contributed by atoms with Crippen molar-refractivity contribution in [1.29, 1.82) is 0 Å². The van der Waals surface area contributed by atoms with E-state index in [1.54, 1.807) is 25.2 Å². The minimum Gasteiger partial charge on any atom is -0.385 e. The lowest BCUT2D eigenvalue weighted by atomic mass is 9.83. The van der Waals surface area contributed by atoms with E-state index in [4.69, 9.17) is 32.7 Å². The van der Waals surface area contributed by atoms with Gasteiger partial charge in [-0.15, -0.1) is 0 Å². The first kappa shape index (κ1) is 54.4. The summed E-state index contributed by atoms with van der Waals surface area (Å²) in [4.78, 5) is 104. The van der Waals surface area contributed by atoms with Crippen LogP contribution in [0.25, 0.3) is 0 Å². The predicted octanol–water partition coefficient (Wildman–Crippen LogP) is 4.13.